The summed E-state index contributed by atoms with van der Waals surface area (Å²) >= 11 is 0. The van der Waals surface area contributed by atoms with Crippen LogP contribution in [0.15, 0.2) is 12.7 Å². The third-order valence-electron chi connectivity index (χ3n) is 2.90. The van der Waals surface area contributed by atoms with Gasteiger partial charge in [-0.25, -0.2) is 0 Å². The second kappa shape index (κ2) is 6.62. The van der Waals surface area contributed by atoms with Crippen molar-refractivity contribution < 1.29 is 4.79 Å². The van der Waals surface area contributed by atoms with Crippen LogP contribution in [0.5, 0.6) is 0 Å². The molecule has 15 heavy (non-hydrogen) atoms. The van der Waals surface area contributed by atoms with Gasteiger partial charge in [0.15, 0.2) is 0 Å². The fourth-order valence-electron chi connectivity index (χ4n) is 2.02. The predicted octanol–water partition coefficient (Wildman–Crippen LogP) is 1.51. The number of amides is 1. The van der Waals surface area contributed by atoms with E-state index in [1.165, 1.54) is 25.9 Å². The summed E-state index contributed by atoms with van der Waals surface area (Å²) in [5.41, 5.74) is 0. The molecule has 0 aromatic carbocycles. The van der Waals surface area contributed by atoms with E-state index in [-0.39, 0.29) is 5.91 Å². The molecule has 1 amide bonds. The Balaban J connectivity index is 2.15. The molecule has 3 heteroatoms. The highest BCUT2D eigenvalue weighted by atomic mass is 16.2. The van der Waals surface area contributed by atoms with E-state index in [1.807, 2.05) is 4.90 Å². The average Bonchev–Trinajstić information content (AvgIpc) is 2.69. The first-order valence-corrected chi connectivity index (χ1v) is 5.83. The minimum absolute atomic E-state index is 0.149. The number of hydrogen-bond acceptors (Lipinski definition) is 2. The van der Waals surface area contributed by atoms with Gasteiger partial charge in [-0.05, 0) is 38.9 Å². The molecule has 0 aliphatic carbocycles. The molecular formula is C12H22N2O. The second-order valence-corrected chi connectivity index (χ2v) is 4.16. The van der Waals surface area contributed by atoms with E-state index in [2.05, 4.69) is 11.5 Å². The van der Waals surface area contributed by atoms with E-state index in [0.717, 1.165) is 19.5 Å². The predicted molar refractivity (Wildman–Crippen MR) is 62.7 cm³/mol. The van der Waals surface area contributed by atoms with Gasteiger partial charge in [0.25, 0.3) is 0 Å². The molecule has 0 bridgehead atoms. The maximum Gasteiger partial charge on any atom is 0.219 e. The third-order valence-corrected chi connectivity index (χ3v) is 2.90. The van der Waals surface area contributed by atoms with Crippen LogP contribution < -0.4 is 0 Å². The van der Waals surface area contributed by atoms with Crippen molar-refractivity contribution in [2.45, 2.75) is 26.2 Å². The Morgan fingerprint density at radius 2 is 2.13 bits per heavy atom. The molecule has 1 fully saturated rings. The van der Waals surface area contributed by atoms with E-state index in [4.69, 9.17) is 0 Å². The van der Waals surface area contributed by atoms with Crippen LogP contribution in [0.25, 0.3) is 0 Å². The Labute approximate surface area is 92.7 Å². The first kappa shape index (κ1) is 12.2. The highest BCUT2D eigenvalue weighted by molar-refractivity contribution is 5.73. The Hall–Kier alpha value is -0.830. The van der Waals surface area contributed by atoms with Crippen LogP contribution in [-0.4, -0.2) is 48.4 Å². The van der Waals surface area contributed by atoms with Gasteiger partial charge in [0.1, 0.15) is 0 Å². The van der Waals surface area contributed by atoms with Crippen LogP contribution in [0.3, 0.4) is 0 Å². The van der Waals surface area contributed by atoms with Gasteiger partial charge in [0.2, 0.25) is 5.91 Å². The summed E-state index contributed by atoms with van der Waals surface area (Å²) in [5.74, 6) is 0.149. The number of carbonyl (C=O) groups excluding carboxylic acids is 1. The van der Waals surface area contributed by atoms with Crippen molar-refractivity contribution in [3.8, 4) is 0 Å². The van der Waals surface area contributed by atoms with Crippen molar-refractivity contribution in [2.24, 2.45) is 0 Å². The number of likely N-dealkylation sites (tertiary alicyclic amines) is 1. The SMILES string of the molecule is C=CCN(CCCN1CCCC1)C(C)=O. The summed E-state index contributed by atoms with van der Waals surface area (Å²) in [5, 5.41) is 0. The van der Waals surface area contributed by atoms with Gasteiger partial charge in [-0.2, -0.15) is 0 Å². The van der Waals surface area contributed by atoms with Crippen molar-refractivity contribution >= 4 is 5.91 Å². The van der Waals surface area contributed by atoms with Crippen LogP contribution in [0.2, 0.25) is 0 Å². The molecule has 1 heterocycles. The van der Waals surface area contributed by atoms with Crippen molar-refractivity contribution in [1.29, 1.82) is 0 Å². The molecule has 0 atom stereocenters. The molecule has 0 unspecified atom stereocenters. The summed E-state index contributed by atoms with van der Waals surface area (Å²) in [6.45, 7) is 10.4. The molecule has 1 rings (SSSR count). The monoisotopic (exact) mass is 210 g/mol. The van der Waals surface area contributed by atoms with Crippen molar-refractivity contribution in [2.75, 3.05) is 32.7 Å². The van der Waals surface area contributed by atoms with Crippen LogP contribution >= 0.6 is 0 Å². The average molecular weight is 210 g/mol. The van der Waals surface area contributed by atoms with Gasteiger partial charge in [0, 0.05) is 20.0 Å². The van der Waals surface area contributed by atoms with Gasteiger partial charge in [-0.3, -0.25) is 4.79 Å². The van der Waals surface area contributed by atoms with Gasteiger partial charge in [-0.1, -0.05) is 6.08 Å². The van der Waals surface area contributed by atoms with E-state index in [1.54, 1.807) is 13.0 Å². The molecule has 0 spiro atoms. The van der Waals surface area contributed by atoms with Gasteiger partial charge < -0.3 is 9.80 Å². The topological polar surface area (TPSA) is 23.6 Å². The van der Waals surface area contributed by atoms with Crippen molar-refractivity contribution in [1.82, 2.24) is 9.80 Å². The van der Waals surface area contributed by atoms with Crippen molar-refractivity contribution in [3.05, 3.63) is 12.7 Å². The van der Waals surface area contributed by atoms with Gasteiger partial charge >= 0.3 is 0 Å². The van der Waals surface area contributed by atoms with E-state index in [9.17, 15) is 4.79 Å². The molecule has 0 radical (unpaired) electrons. The van der Waals surface area contributed by atoms with E-state index in [0.29, 0.717) is 6.54 Å². The summed E-state index contributed by atoms with van der Waals surface area (Å²) in [6.07, 6.45) is 5.54. The molecule has 0 saturated carbocycles. The first-order chi connectivity index (χ1) is 7.24. The molecule has 3 nitrogen and oxygen atoms in total. The molecule has 1 aliphatic rings. The fraction of sp³-hybridized carbons (Fsp3) is 0.750. The zero-order chi connectivity index (χ0) is 11.1. The molecule has 1 aliphatic heterocycles. The first-order valence-electron chi connectivity index (χ1n) is 5.83. The minimum Gasteiger partial charge on any atom is -0.339 e. The third kappa shape index (κ3) is 4.47. The molecule has 0 aromatic heterocycles. The highest BCUT2D eigenvalue weighted by Gasteiger charge is 2.12. The lowest BCUT2D eigenvalue weighted by Gasteiger charge is -2.21. The molecule has 0 aromatic rings. The Morgan fingerprint density at radius 1 is 1.47 bits per heavy atom. The standard InChI is InChI=1S/C12H22N2O/c1-3-7-14(12(2)15)11-6-10-13-8-4-5-9-13/h3H,1,4-11H2,2H3. The largest absolute Gasteiger partial charge is 0.339 e. The summed E-state index contributed by atoms with van der Waals surface area (Å²) in [4.78, 5) is 15.6. The lowest BCUT2D eigenvalue weighted by molar-refractivity contribution is -0.128. The zero-order valence-electron chi connectivity index (χ0n) is 9.74. The number of carbonyl (C=O) groups is 1. The van der Waals surface area contributed by atoms with Crippen LogP contribution in [0.1, 0.15) is 26.2 Å². The van der Waals surface area contributed by atoms with Crippen LogP contribution in [0.4, 0.5) is 0 Å². The zero-order valence-corrected chi connectivity index (χ0v) is 9.74. The van der Waals surface area contributed by atoms with Gasteiger partial charge in [-0.15, -0.1) is 6.58 Å². The van der Waals surface area contributed by atoms with E-state index >= 15 is 0 Å². The van der Waals surface area contributed by atoms with Crippen LogP contribution in [-0.2, 0) is 4.79 Å². The Bertz CT molecular complexity index is 210. The second-order valence-electron chi connectivity index (χ2n) is 4.16. The number of rotatable bonds is 6. The molecular weight excluding hydrogens is 188 g/mol. The Kier molecular flexibility index (Phi) is 5.40. The maximum absolute atomic E-state index is 11.2. The molecule has 86 valence electrons. The highest BCUT2D eigenvalue weighted by Crippen LogP contribution is 2.07. The summed E-state index contributed by atoms with van der Waals surface area (Å²) in [6, 6.07) is 0. The van der Waals surface area contributed by atoms with Crippen molar-refractivity contribution in [3.63, 3.8) is 0 Å². The summed E-state index contributed by atoms with van der Waals surface area (Å²) in [7, 11) is 0. The lowest BCUT2D eigenvalue weighted by Crippen LogP contribution is -2.32. The fourth-order valence-corrected chi connectivity index (χ4v) is 2.02. The van der Waals surface area contributed by atoms with Crippen LogP contribution in [0, 0.1) is 0 Å². The molecule has 0 N–H and O–H groups in total. The van der Waals surface area contributed by atoms with Gasteiger partial charge in [0.05, 0.1) is 0 Å². The number of hydrogen-bond donors (Lipinski definition) is 0. The Morgan fingerprint density at radius 3 is 2.67 bits per heavy atom. The van der Waals surface area contributed by atoms with E-state index < -0.39 is 0 Å². The smallest absolute Gasteiger partial charge is 0.219 e. The normalized spacial score (nSPS) is 16.6. The maximum atomic E-state index is 11.2. The molecule has 1 saturated heterocycles. The quantitative estimate of drug-likeness (QED) is 0.620. The lowest BCUT2D eigenvalue weighted by atomic mass is 10.3. The summed E-state index contributed by atoms with van der Waals surface area (Å²) < 4.78 is 0. The number of nitrogens with zero attached hydrogens (tertiary/aromatic N) is 2. The minimum atomic E-state index is 0.149.